The van der Waals surface area contributed by atoms with Crippen molar-refractivity contribution in [2.24, 2.45) is 21.9 Å². The summed E-state index contributed by atoms with van der Waals surface area (Å²) in [5, 5.41) is 8.72. The van der Waals surface area contributed by atoms with E-state index in [0.717, 1.165) is 11.4 Å². The van der Waals surface area contributed by atoms with Gasteiger partial charge in [0.05, 0.1) is 5.69 Å². The fourth-order valence-corrected chi connectivity index (χ4v) is 1.71. The van der Waals surface area contributed by atoms with Crippen molar-refractivity contribution in [3.8, 4) is 0 Å². The first-order valence-corrected chi connectivity index (χ1v) is 5.75. The van der Waals surface area contributed by atoms with E-state index >= 15 is 0 Å². The van der Waals surface area contributed by atoms with Gasteiger partial charge in [-0.1, -0.05) is 37.3 Å². The van der Waals surface area contributed by atoms with Crippen LogP contribution >= 0.6 is 0 Å². The van der Waals surface area contributed by atoms with Crippen molar-refractivity contribution in [2.45, 2.75) is 19.4 Å². The Balaban J connectivity index is 2.19. The summed E-state index contributed by atoms with van der Waals surface area (Å²) in [6, 6.07) is 9.75. The van der Waals surface area contributed by atoms with Crippen LogP contribution in [0.25, 0.3) is 0 Å². The van der Waals surface area contributed by atoms with Crippen LogP contribution in [0.2, 0.25) is 0 Å². The summed E-state index contributed by atoms with van der Waals surface area (Å²) in [7, 11) is 0. The highest BCUT2D eigenvalue weighted by Gasteiger charge is 2.29. The molecule has 0 fully saturated rings. The Morgan fingerprint density at radius 3 is 2.59 bits per heavy atom. The van der Waals surface area contributed by atoms with Crippen LogP contribution in [0.3, 0.4) is 0 Å². The van der Waals surface area contributed by atoms with Crippen molar-refractivity contribution >= 4 is 5.69 Å². The fraction of sp³-hybridized carbons (Fsp3) is 0.286. The number of allylic oxidation sites excluding steroid dienone is 1. The minimum Gasteiger partial charge on any atom is -0.399 e. The SMILES string of the molecule is CC1C=C(N)C=CC1(C)N=Nc1ccccc1. The number of hydrogen-bond acceptors (Lipinski definition) is 3. The van der Waals surface area contributed by atoms with Crippen molar-refractivity contribution in [2.75, 3.05) is 0 Å². The van der Waals surface area contributed by atoms with E-state index < -0.39 is 0 Å². The molecule has 0 spiro atoms. The summed E-state index contributed by atoms with van der Waals surface area (Å²) >= 11 is 0. The first-order valence-electron chi connectivity index (χ1n) is 5.75. The maximum absolute atomic E-state index is 5.76. The van der Waals surface area contributed by atoms with Gasteiger partial charge in [-0.3, -0.25) is 0 Å². The van der Waals surface area contributed by atoms with Gasteiger partial charge in [-0.15, -0.1) is 0 Å². The van der Waals surface area contributed by atoms with Gasteiger partial charge in [0.2, 0.25) is 0 Å². The Hall–Kier alpha value is -1.90. The average molecular weight is 227 g/mol. The zero-order chi connectivity index (χ0) is 12.3. The van der Waals surface area contributed by atoms with Gasteiger partial charge >= 0.3 is 0 Å². The van der Waals surface area contributed by atoms with E-state index in [9.17, 15) is 0 Å². The molecule has 88 valence electrons. The second kappa shape index (κ2) is 4.53. The van der Waals surface area contributed by atoms with Crippen LogP contribution in [-0.4, -0.2) is 5.54 Å². The Morgan fingerprint density at radius 1 is 1.24 bits per heavy atom. The van der Waals surface area contributed by atoms with Gasteiger partial charge in [0.25, 0.3) is 0 Å². The normalized spacial score (nSPS) is 28.4. The Morgan fingerprint density at radius 2 is 1.94 bits per heavy atom. The third-order valence-electron chi connectivity index (χ3n) is 3.11. The summed E-state index contributed by atoms with van der Waals surface area (Å²) < 4.78 is 0. The van der Waals surface area contributed by atoms with E-state index in [1.54, 1.807) is 0 Å². The summed E-state index contributed by atoms with van der Waals surface area (Å²) in [5.74, 6) is 0.250. The van der Waals surface area contributed by atoms with Gasteiger partial charge < -0.3 is 5.73 Å². The van der Waals surface area contributed by atoms with Crippen LogP contribution in [0, 0.1) is 5.92 Å². The lowest BCUT2D eigenvalue weighted by atomic mass is 9.83. The van der Waals surface area contributed by atoms with E-state index in [4.69, 9.17) is 5.73 Å². The van der Waals surface area contributed by atoms with Gasteiger partial charge in [0.15, 0.2) is 0 Å². The molecule has 0 aromatic heterocycles. The lowest BCUT2D eigenvalue weighted by Crippen LogP contribution is -2.29. The summed E-state index contributed by atoms with van der Waals surface area (Å²) in [6.45, 7) is 4.16. The number of azo groups is 1. The molecule has 0 heterocycles. The predicted molar refractivity (Wildman–Crippen MR) is 69.9 cm³/mol. The maximum atomic E-state index is 5.76. The van der Waals surface area contributed by atoms with E-state index in [2.05, 4.69) is 24.1 Å². The minimum absolute atomic E-state index is 0.250. The van der Waals surface area contributed by atoms with Crippen LogP contribution in [0.5, 0.6) is 0 Å². The number of benzene rings is 1. The zero-order valence-electron chi connectivity index (χ0n) is 10.2. The third-order valence-corrected chi connectivity index (χ3v) is 3.11. The zero-order valence-corrected chi connectivity index (χ0v) is 10.2. The Labute approximate surface area is 102 Å². The van der Waals surface area contributed by atoms with Gasteiger partial charge in [0, 0.05) is 11.6 Å². The number of hydrogen-bond donors (Lipinski definition) is 1. The first kappa shape index (κ1) is 11.6. The fourth-order valence-electron chi connectivity index (χ4n) is 1.71. The quantitative estimate of drug-likeness (QED) is 0.771. The van der Waals surface area contributed by atoms with Crippen LogP contribution in [0.4, 0.5) is 5.69 Å². The maximum Gasteiger partial charge on any atom is 0.104 e. The Kier molecular flexibility index (Phi) is 3.09. The average Bonchev–Trinajstić information content (AvgIpc) is 2.34. The highest BCUT2D eigenvalue weighted by atomic mass is 15.1. The lowest BCUT2D eigenvalue weighted by molar-refractivity contribution is 0.437. The summed E-state index contributed by atoms with van der Waals surface area (Å²) in [4.78, 5) is 0. The molecular weight excluding hydrogens is 210 g/mol. The lowest BCUT2D eigenvalue weighted by Gasteiger charge is -2.28. The van der Waals surface area contributed by atoms with Gasteiger partial charge in [-0.25, -0.2) is 0 Å². The molecule has 2 atom stereocenters. The number of rotatable bonds is 2. The van der Waals surface area contributed by atoms with Crippen molar-refractivity contribution in [1.82, 2.24) is 0 Å². The summed E-state index contributed by atoms with van der Waals surface area (Å²) in [6.07, 6.45) is 5.92. The summed E-state index contributed by atoms with van der Waals surface area (Å²) in [5.41, 5.74) is 7.12. The number of nitrogens with two attached hydrogens (primary N) is 1. The first-order chi connectivity index (χ1) is 8.10. The van der Waals surface area contributed by atoms with Crippen LogP contribution in [-0.2, 0) is 0 Å². The van der Waals surface area contributed by atoms with Gasteiger partial charge in [0.1, 0.15) is 5.54 Å². The molecule has 2 N–H and O–H groups in total. The standard InChI is InChI=1S/C14H17N3/c1-11-10-12(15)8-9-14(11,2)17-16-13-6-4-3-5-7-13/h3-11H,15H2,1-2H3. The highest BCUT2D eigenvalue weighted by Crippen LogP contribution is 2.30. The molecule has 0 saturated heterocycles. The monoisotopic (exact) mass is 227 g/mol. The minimum atomic E-state index is -0.307. The van der Waals surface area contributed by atoms with E-state index in [1.807, 2.05) is 48.6 Å². The molecule has 2 rings (SSSR count). The second-order valence-electron chi connectivity index (χ2n) is 4.55. The van der Waals surface area contributed by atoms with Crippen LogP contribution in [0.15, 0.2) is 64.5 Å². The molecule has 3 heteroatoms. The molecule has 0 aliphatic heterocycles. The molecule has 1 aliphatic rings. The molecular formula is C14H17N3. The number of nitrogens with zero attached hydrogens (tertiary/aromatic N) is 2. The topological polar surface area (TPSA) is 50.7 Å². The highest BCUT2D eigenvalue weighted by molar-refractivity contribution is 5.35. The molecule has 0 amide bonds. The Bertz CT molecular complexity index is 474. The van der Waals surface area contributed by atoms with Gasteiger partial charge in [-0.2, -0.15) is 10.2 Å². The van der Waals surface area contributed by atoms with Crippen LogP contribution in [0.1, 0.15) is 13.8 Å². The smallest absolute Gasteiger partial charge is 0.104 e. The second-order valence-corrected chi connectivity index (χ2v) is 4.55. The third kappa shape index (κ3) is 2.61. The van der Waals surface area contributed by atoms with Crippen molar-refractivity contribution < 1.29 is 0 Å². The molecule has 0 bridgehead atoms. The molecule has 1 aliphatic carbocycles. The van der Waals surface area contributed by atoms with Crippen molar-refractivity contribution in [3.05, 3.63) is 54.3 Å². The predicted octanol–water partition coefficient (Wildman–Crippen LogP) is 3.58. The molecule has 1 aromatic carbocycles. The van der Waals surface area contributed by atoms with Gasteiger partial charge in [-0.05, 0) is 25.1 Å². The molecule has 0 radical (unpaired) electrons. The molecule has 3 nitrogen and oxygen atoms in total. The van der Waals surface area contributed by atoms with Crippen molar-refractivity contribution in [3.63, 3.8) is 0 Å². The van der Waals surface area contributed by atoms with Crippen LogP contribution < -0.4 is 5.73 Å². The largest absolute Gasteiger partial charge is 0.399 e. The molecule has 1 aromatic rings. The van der Waals surface area contributed by atoms with E-state index in [1.165, 1.54) is 0 Å². The van der Waals surface area contributed by atoms with Crippen molar-refractivity contribution in [1.29, 1.82) is 0 Å². The molecule has 17 heavy (non-hydrogen) atoms. The molecule has 2 unspecified atom stereocenters. The molecule has 0 saturated carbocycles. The van der Waals surface area contributed by atoms with E-state index in [-0.39, 0.29) is 11.5 Å². The van der Waals surface area contributed by atoms with E-state index in [0.29, 0.717) is 0 Å².